The summed E-state index contributed by atoms with van der Waals surface area (Å²) in [6.45, 7) is 4.05. The summed E-state index contributed by atoms with van der Waals surface area (Å²) < 4.78 is 31.4. The quantitative estimate of drug-likeness (QED) is 0.653. The Hall–Kier alpha value is -1.65. The average molecular weight is 243 g/mol. The molecule has 0 aliphatic rings. The smallest absolute Gasteiger partial charge is 0.344 e. The van der Waals surface area contributed by atoms with Gasteiger partial charge in [-0.2, -0.15) is 0 Å². The van der Waals surface area contributed by atoms with Gasteiger partial charge in [0.1, 0.15) is 17.2 Å². The van der Waals surface area contributed by atoms with Crippen LogP contribution in [0.5, 0.6) is 0 Å². The zero-order chi connectivity index (χ0) is 13.0. The van der Waals surface area contributed by atoms with Crippen LogP contribution in [-0.4, -0.2) is 12.6 Å². The zero-order valence-corrected chi connectivity index (χ0v) is 9.80. The Balaban J connectivity index is 2.76. The summed E-state index contributed by atoms with van der Waals surface area (Å²) in [5.41, 5.74) is 4.47. The van der Waals surface area contributed by atoms with E-state index in [1.165, 1.54) is 0 Å². The molecule has 0 atom stereocenters. The van der Waals surface area contributed by atoms with Gasteiger partial charge in [-0.3, -0.25) is 0 Å². The molecule has 1 aromatic carbocycles. The number of rotatable bonds is 4. The lowest BCUT2D eigenvalue weighted by Crippen LogP contribution is -2.12. The van der Waals surface area contributed by atoms with E-state index >= 15 is 0 Å². The SMILES string of the molecule is CC(C)CCOC(=O)c1c(F)cc(N)cc1F. The van der Waals surface area contributed by atoms with Gasteiger partial charge in [0.25, 0.3) is 0 Å². The minimum absolute atomic E-state index is 0.0706. The number of benzene rings is 1. The molecule has 0 radical (unpaired) electrons. The highest BCUT2D eigenvalue weighted by molar-refractivity contribution is 5.90. The van der Waals surface area contributed by atoms with Crippen molar-refractivity contribution < 1.29 is 18.3 Å². The second-order valence-electron chi connectivity index (χ2n) is 4.18. The monoisotopic (exact) mass is 243 g/mol. The number of hydrogen-bond donors (Lipinski definition) is 1. The molecule has 3 nitrogen and oxygen atoms in total. The molecule has 0 aliphatic heterocycles. The Labute approximate surface area is 98.6 Å². The summed E-state index contributed by atoms with van der Waals surface area (Å²) in [7, 11) is 0. The molecule has 0 heterocycles. The number of carbonyl (C=O) groups excluding carboxylic acids is 1. The molecule has 17 heavy (non-hydrogen) atoms. The Morgan fingerprint density at radius 3 is 2.35 bits per heavy atom. The van der Waals surface area contributed by atoms with Crippen LogP contribution in [-0.2, 0) is 4.74 Å². The van der Waals surface area contributed by atoms with Crippen molar-refractivity contribution in [2.24, 2.45) is 5.92 Å². The summed E-state index contributed by atoms with van der Waals surface area (Å²) in [5, 5.41) is 0. The van der Waals surface area contributed by atoms with Crippen LogP contribution in [0.1, 0.15) is 30.6 Å². The summed E-state index contributed by atoms with van der Waals surface area (Å²) in [4.78, 5) is 11.4. The van der Waals surface area contributed by atoms with E-state index < -0.39 is 23.2 Å². The third-order valence-corrected chi connectivity index (χ3v) is 2.20. The number of halogens is 2. The van der Waals surface area contributed by atoms with Crippen molar-refractivity contribution in [1.82, 2.24) is 0 Å². The fraction of sp³-hybridized carbons (Fsp3) is 0.417. The van der Waals surface area contributed by atoms with Crippen LogP contribution in [0, 0.1) is 17.6 Å². The van der Waals surface area contributed by atoms with E-state index in [1.54, 1.807) is 0 Å². The van der Waals surface area contributed by atoms with E-state index in [4.69, 9.17) is 10.5 Å². The molecule has 0 fully saturated rings. The molecule has 94 valence electrons. The van der Waals surface area contributed by atoms with Crippen LogP contribution < -0.4 is 5.73 Å². The van der Waals surface area contributed by atoms with E-state index in [0.717, 1.165) is 12.1 Å². The molecule has 1 aromatic rings. The molecular formula is C12H15F2NO2. The van der Waals surface area contributed by atoms with Crippen LogP contribution in [0.3, 0.4) is 0 Å². The standard InChI is InChI=1S/C12H15F2NO2/c1-7(2)3-4-17-12(16)11-9(13)5-8(15)6-10(11)14/h5-7H,3-4,15H2,1-2H3. The van der Waals surface area contributed by atoms with Gasteiger partial charge in [-0.05, 0) is 24.5 Å². The number of anilines is 1. The van der Waals surface area contributed by atoms with E-state index in [-0.39, 0.29) is 12.3 Å². The predicted molar refractivity (Wildman–Crippen MR) is 60.5 cm³/mol. The first-order chi connectivity index (χ1) is 7.91. The molecule has 0 saturated heterocycles. The Morgan fingerprint density at radius 2 is 1.88 bits per heavy atom. The minimum atomic E-state index is -1.00. The molecule has 0 aliphatic carbocycles. The van der Waals surface area contributed by atoms with Crippen LogP contribution in [0.4, 0.5) is 14.5 Å². The van der Waals surface area contributed by atoms with Gasteiger partial charge in [-0.25, -0.2) is 13.6 Å². The molecule has 0 spiro atoms. The molecule has 2 N–H and O–H groups in total. The highest BCUT2D eigenvalue weighted by atomic mass is 19.1. The maximum atomic E-state index is 13.3. The second-order valence-corrected chi connectivity index (χ2v) is 4.18. The van der Waals surface area contributed by atoms with Crippen LogP contribution in [0.25, 0.3) is 0 Å². The van der Waals surface area contributed by atoms with Crippen LogP contribution >= 0.6 is 0 Å². The third kappa shape index (κ3) is 3.69. The summed E-state index contributed by atoms with van der Waals surface area (Å²) >= 11 is 0. The maximum Gasteiger partial charge on any atom is 0.344 e. The lowest BCUT2D eigenvalue weighted by Gasteiger charge is -2.08. The van der Waals surface area contributed by atoms with Gasteiger partial charge < -0.3 is 10.5 Å². The van der Waals surface area contributed by atoms with Crippen molar-refractivity contribution in [2.75, 3.05) is 12.3 Å². The first kappa shape index (κ1) is 13.4. The number of esters is 1. The molecule has 1 rings (SSSR count). The number of carbonyl (C=O) groups is 1. The highest BCUT2D eigenvalue weighted by Crippen LogP contribution is 2.18. The van der Waals surface area contributed by atoms with Gasteiger partial charge >= 0.3 is 5.97 Å². The lowest BCUT2D eigenvalue weighted by molar-refractivity contribution is 0.0477. The Kier molecular flexibility index (Phi) is 4.43. The third-order valence-electron chi connectivity index (χ3n) is 2.20. The van der Waals surface area contributed by atoms with Crippen molar-refractivity contribution in [3.05, 3.63) is 29.3 Å². The predicted octanol–water partition coefficient (Wildman–Crippen LogP) is 2.75. The van der Waals surface area contributed by atoms with Crippen LogP contribution in [0.2, 0.25) is 0 Å². The molecule has 0 unspecified atom stereocenters. The van der Waals surface area contributed by atoms with Crippen molar-refractivity contribution >= 4 is 11.7 Å². The van der Waals surface area contributed by atoms with Gasteiger partial charge in [-0.1, -0.05) is 13.8 Å². The Morgan fingerprint density at radius 1 is 1.35 bits per heavy atom. The van der Waals surface area contributed by atoms with Gasteiger partial charge in [0.15, 0.2) is 0 Å². The largest absolute Gasteiger partial charge is 0.462 e. The van der Waals surface area contributed by atoms with Crippen molar-refractivity contribution in [2.45, 2.75) is 20.3 Å². The minimum Gasteiger partial charge on any atom is -0.462 e. The fourth-order valence-corrected chi connectivity index (χ4v) is 1.25. The normalized spacial score (nSPS) is 10.6. The van der Waals surface area contributed by atoms with Crippen molar-refractivity contribution in [3.8, 4) is 0 Å². The van der Waals surface area contributed by atoms with Gasteiger partial charge in [-0.15, -0.1) is 0 Å². The Bertz CT molecular complexity index is 396. The number of nitrogens with two attached hydrogens (primary N) is 1. The number of nitrogen functional groups attached to an aromatic ring is 1. The molecule has 0 amide bonds. The van der Waals surface area contributed by atoms with Gasteiger partial charge in [0.2, 0.25) is 0 Å². The van der Waals surface area contributed by atoms with Crippen molar-refractivity contribution in [1.29, 1.82) is 0 Å². The average Bonchev–Trinajstić information content (AvgIpc) is 2.14. The van der Waals surface area contributed by atoms with Crippen molar-refractivity contribution in [3.63, 3.8) is 0 Å². The van der Waals surface area contributed by atoms with Gasteiger partial charge in [0.05, 0.1) is 6.61 Å². The summed E-state index contributed by atoms with van der Waals surface area (Å²) in [6.07, 6.45) is 0.643. The topological polar surface area (TPSA) is 52.3 Å². The molecule has 5 heteroatoms. The van der Waals surface area contributed by atoms with E-state index in [2.05, 4.69) is 0 Å². The molecular weight excluding hydrogens is 228 g/mol. The summed E-state index contributed by atoms with van der Waals surface area (Å²) in [5.74, 6) is -2.65. The number of hydrogen-bond acceptors (Lipinski definition) is 3. The first-order valence-corrected chi connectivity index (χ1v) is 5.33. The van der Waals surface area contributed by atoms with Gasteiger partial charge in [0, 0.05) is 5.69 Å². The summed E-state index contributed by atoms with van der Waals surface area (Å²) in [6, 6.07) is 1.78. The first-order valence-electron chi connectivity index (χ1n) is 5.33. The second kappa shape index (κ2) is 5.61. The van der Waals surface area contributed by atoms with E-state index in [0.29, 0.717) is 12.3 Å². The lowest BCUT2D eigenvalue weighted by atomic mass is 10.1. The molecule has 0 bridgehead atoms. The maximum absolute atomic E-state index is 13.3. The molecule has 0 saturated carbocycles. The number of ether oxygens (including phenoxy) is 1. The van der Waals surface area contributed by atoms with E-state index in [1.807, 2.05) is 13.8 Å². The van der Waals surface area contributed by atoms with E-state index in [9.17, 15) is 13.6 Å². The van der Waals surface area contributed by atoms with Crippen LogP contribution in [0.15, 0.2) is 12.1 Å². The zero-order valence-electron chi connectivity index (χ0n) is 9.80. The fourth-order valence-electron chi connectivity index (χ4n) is 1.25. The highest BCUT2D eigenvalue weighted by Gasteiger charge is 2.19. The molecule has 0 aromatic heterocycles.